The number of piperidine rings is 1. The van der Waals surface area contributed by atoms with E-state index in [0.717, 1.165) is 38.3 Å². The van der Waals surface area contributed by atoms with E-state index in [1.807, 2.05) is 6.07 Å². The van der Waals surface area contributed by atoms with Crippen LogP contribution in [0.2, 0.25) is 0 Å². The molecule has 2 heterocycles. The fourth-order valence-electron chi connectivity index (χ4n) is 3.37. The number of thiocarbonyl (C=S) groups is 1. The number of fused-ring (bicyclic) bond motifs is 1. The first kappa shape index (κ1) is 13.8. The molecule has 0 saturated carbocycles. The van der Waals surface area contributed by atoms with Crippen LogP contribution in [0.25, 0.3) is 0 Å². The lowest BCUT2D eigenvalue weighted by Crippen LogP contribution is -2.42. The van der Waals surface area contributed by atoms with E-state index in [1.165, 1.54) is 18.5 Å². The molecular weight excluding hydrogens is 268 g/mol. The van der Waals surface area contributed by atoms with Crippen molar-refractivity contribution >= 4 is 17.2 Å². The van der Waals surface area contributed by atoms with Gasteiger partial charge in [0, 0.05) is 24.9 Å². The van der Waals surface area contributed by atoms with Crippen LogP contribution in [0.4, 0.5) is 0 Å². The molecule has 108 valence electrons. The first-order valence-electron chi connectivity index (χ1n) is 7.47. The summed E-state index contributed by atoms with van der Waals surface area (Å²) in [5, 5.41) is 0. The molecule has 2 aliphatic heterocycles. The number of likely N-dealkylation sites (tertiary alicyclic amines) is 1. The van der Waals surface area contributed by atoms with Crippen molar-refractivity contribution in [2.75, 3.05) is 26.2 Å². The van der Waals surface area contributed by atoms with Gasteiger partial charge in [0.25, 0.3) is 0 Å². The molecule has 2 atom stereocenters. The minimum atomic E-state index is 0.397. The molecule has 4 heteroatoms. The number of benzene rings is 1. The lowest BCUT2D eigenvalue weighted by molar-refractivity contribution is 0.173. The summed E-state index contributed by atoms with van der Waals surface area (Å²) in [4.78, 5) is 3.21. The minimum absolute atomic E-state index is 0.397. The third-order valence-electron chi connectivity index (χ3n) is 4.47. The van der Waals surface area contributed by atoms with E-state index in [9.17, 15) is 0 Å². The van der Waals surface area contributed by atoms with Gasteiger partial charge in [0.15, 0.2) is 0 Å². The average molecular weight is 290 g/mol. The Bertz CT molecular complexity index is 491. The van der Waals surface area contributed by atoms with Gasteiger partial charge in [-0.05, 0) is 37.4 Å². The summed E-state index contributed by atoms with van der Waals surface area (Å²) in [6.45, 7) is 4.11. The molecular formula is C16H22N2OS. The molecule has 1 aromatic rings. The predicted molar refractivity (Wildman–Crippen MR) is 85.2 cm³/mol. The van der Waals surface area contributed by atoms with Gasteiger partial charge in [-0.15, -0.1) is 0 Å². The van der Waals surface area contributed by atoms with Crippen LogP contribution < -0.4 is 10.5 Å². The van der Waals surface area contributed by atoms with E-state index in [4.69, 9.17) is 22.7 Å². The second-order valence-electron chi connectivity index (χ2n) is 5.87. The summed E-state index contributed by atoms with van der Waals surface area (Å²) >= 11 is 5.17. The predicted octanol–water partition coefficient (Wildman–Crippen LogP) is 2.55. The molecule has 2 unspecified atom stereocenters. The zero-order valence-corrected chi connectivity index (χ0v) is 12.6. The summed E-state index contributed by atoms with van der Waals surface area (Å²) in [5.74, 6) is 2.03. The Hall–Kier alpha value is -1.13. The van der Waals surface area contributed by atoms with Crippen LogP contribution in [0.5, 0.6) is 5.75 Å². The molecule has 1 saturated heterocycles. The summed E-state index contributed by atoms with van der Waals surface area (Å²) in [7, 11) is 0. The highest BCUT2D eigenvalue weighted by molar-refractivity contribution is 7.80. The molecule has 20 heavy (non-hydrogen) atoms. The van der Waals surface area contributed by atoms with Crippen molar-refractivity contribution in [1.82, 2.24) is 4.90 Å². The molecule has 2 aliphatic rings. The van der Waals surface area contributed by atoms with Gasteiger partial charge in [-0.2, -0.15) is 0 Å². The first-order chi connectivity index (χ1) is 9.74. The lowest BCUT2D eigenvalue weighted by Gasteiger charge is -2.36. The van der Waals surface area contributed by atoms with Crippen molar-refractivity contribution in [3.05, 3.63) is 29.8 Å². The second-order valence-corrected chi connectivity index (χ2v) is 6.34. The third kappa shape index (κ3) is 2.96. The Labute approximate surface area is 126 Å². The van der Waals surface area contributed by atoms with Crippen LogP contribution in [0.1, 0.15) is 30.7 Å². The minimum Gasteiger partial charge on any atom is -0.493 e. The summed E-state index contributed by atoms with van der Waals surface area (Å²) in [6.07, 6.45) is 3.45. The first-order valence-corrected chi connectivity index (χ1v) is 7.88. The van der Waals surface area contributed by atoms with Crippen molar-refractivity contribution in [2.24, 2.45) is 11.7 Å². The van der Waals surface area contributed by atoms with Crippen LogP contribution in [0, 0.1) is 5.92 Å². The maximum atomic E-state index is 5.82. The van der Waals surface area contributed by atoms with Crippen molar-refractivity contribution in [3.63, 3.8) is 0 Å². The van der Waals surface area contributed by atoms with E-state index in [2.05, 4.69) is 23.1 Å². The van der Waals surface area contributed by atoms with Gasteiger partial charge in [0.2, 0.25) is 0 Å². The van der Waals surface area contributed by atoms with Crippen LogP contribution in [-0.2, 0) is 0 Å². The number of ether oxygens (including phenoxy) is 1. The van der Waals surface area contributed by atoms with Crippen LogP contribution >= 0.6 is 12.2 Å². The molecule has 3 rings (SSSR count). The average Bonchev–Trinajstić information content (AvgIpc) is 2.48. The van der Waals surface area contributed by atoms with Gasteiger partial charge in [-0.25, -0.2) is 0 Å². The van der Waals surface area contributed by atoms with Gasteiger partial charge in [-0.1, -0.05) is 30.4 Å². The fraction of sp³-hybridized carbons (Fsp3) is 0.562. The number of hydrogen-bond donors (Lipinski definition) is 1. The summed E-state index contributed by atoms with van der Waals surface area (Å²) < 4.78 is 5.74. The van der Waals surface area contributed by atoms with E-state index < -0.39 is 0 Å². The Morgan fingerprint density at radius 3 is 3.05 bits per heavy atom. The van der Waals surface area contributed by atoms with Crippen LogP contribution in [0.15, 0.2) is 24.3 Å². The van der Waals surface area contributed by atoms with Gasteiger partial charge in [-0.3, -0.25) is 0 Å². The molecule has 1 aromatic carbocycles. The number of rotatable bonds is 3. The zero-order valence-electron chi connectivity index (χ0n) is 11.8. The SMILES string of the molecule is NC(=S)C1CCCN(CC2CCOc3ccccc32)C1. The number of hydrogen-bond acceptors (Lipinski definition) is 3. The molecule has 0 aromatic heterocycles. The van der Waals surface area contributed by atoms with Crippen LogP contribution in [0.3, 0.4) is 0 Å². The molecule has 2 N–H and O–H groups in total. The van der Waals surface area contributed by atoms with Gasteiger partial charge < -0.3 is 15.4 Å². The highest BCUT2D eigenvalue weighted by Crippen LogP contribution is 2.34. The Morgan fingerprint density at radius 1 is 1.35 bits per heavy atom. The Morgan fingerprint density at radius 2 is 2.20 bits per heavy atom. The monoisotopic (exact) mass is 290 g/mol. The number of nitrogens with zero attached hydrogens (tertiary/aromatic N) is 1. The normalized spacial score (nSPS) is 26.6. The number of para-hydroxylation sites is 1. The van der Waals surface area contributed by atoms with Gasteiger partial charge in [0.05, 0.1) is 11.6 Å². The molecule has 0 bridgehead atoms. The maximum Gasteiger partial charge on any atom is 0.122 e. The quantitative estimate of drug-likeness (QED) is 0.868. The number of nitrogens with two attached hydrogens (primary N) is 1. The molecule has 0 radical (unpaired) electrons. The van der Waals surface area contributed by atoms with E-state index in [1.54, 1.807) is 0 Å². The smallest absolute Gasteiger partial charge is 0.122 e. The standard InChI is InChI=1S/C16H22N2OS/c17-16(20)13-4-3-8-18(11-13)10-12-7-9-19-15-6-2-1-5-14(12)15/h1-2,5-6,12-13H,3-4,7-11H2,(H2,17,20). The largest absolute Gasteiger partial charge is 0.493 e. The summed E-state index contributed by atoms with van der Waals surface area (Å²) in [6, 6.07) is 8.43. The van der Waals surface area contributed by atoms with Crippen molar-refractivity contribution < 1.29 is 4.74 Å². The zero-order chi connectivity index (χ0) is 13.9. The van der Waals surface area contributed by atoms with Crippen molar-refractivity contribution in [3.8, 4) is 5.75 Å². The van der Waals surface area contributed by atoms with E-state index in [0.29, 0.717) is 16.8 Å². The molecule has 1 fully saturated rings. The third-order valence-corrected chi connectivity index (χ3v) is 4.80. The van der Waals surface area contributed by atoms with E-state index >= 15 is 0 Å². The van der Waals surface area contributed by atoms with Crippen LogP contribution in [-0.4, -0.2) is 36.1 Å². The van der Waals surface area contributed by atoms with Gasteiger partial charge >= 0.3 is 0 Å². The summed E-state index contributed by atoms with van der Waals surface area (Å²) in [5.41, 5.74) is 7.18. The van der Waals surface area contributed by atoms with Crippen molar-refractivity contribution in [2.45, 2.75) is 25.2 Å². The molecule has 0 aliphatic carbocycles. The fourth-order valence-corrected chi connectivity index (χ4v) is 3.56. The Kier molecular flexibility index (Phi) is 4.22. The topological polar surface area (TPSA) is 38.5 Å². The van der Waals surface area contributed by atoms with Gasteiger partial charge in [0.1, 0.15) is 5.75 Å². The molecule has 3 nitrogen and oxygen atoms in total. The second kappa shape index (κ2) is 6.10. The maximum absolute atomic E-state index is 5.82. The molecule has 0 amide bonds. The van der Waals surface area contributed by atoms with E-state index in [-0.39, 0.29) is 0 Å². The van der Waals surface area contributed by atoms with Crippen molar-refractivity contribution in [1.29, 1.82) is 0 Å². The highest BCUT2D eigenvalue weighted by atomic mass is 32.1. The lowest BCUT2D eigenvalue weighted by atomic mass is 9.90. The highest BCUT2D eigenvalue weighted by Gasteiger charge is 2.27. The molecule has 0 spiro atoms. The Balaban J connectivity index is 1.68.